The van der Waals surface area contributed by atoms with Crippen LogP contribution >= 0.6 is 15.9 Å². The van der Waals surface area contributed by atoms with Crippen molar-refractivity contribution in [2.75, 3.05) is 21.1 Å². The molecule has 2 rings (SSSR count). The van der Waals surface area contributed by atoms with E-state index in [2.05, 4.69) is 15.9 Å². The van der Waals surface area contributed by atoms with Crippen LogP contribution in [0.1, 0.15) is 21.9 Å². The molecule has 1 aromatic heterocycles. The molecule has 0 aliphatic rings. The molecule has 0 saturated heterocycles. The number of rotatable bonds is 5. The normalized spacial score (nSPS) is 11.8. The van der Waals surface area contributed by atoms with Crippen LogP contribution in [0.2, 0.25) is 0 Å². The second kappa shape index (κ2) is 7.08. The van der Waals surface area contributed by atoms with Gasteiger partial charge in [0.1, 0.15) is 11.5 Å². The van der Waals surface area contributed by atoms with Gasteiger partial charge < -0.3 is 9.32 Å². The van der Waals surface area contributed by atoms with Crippen LogP contribution < -0.4 is 0 Å². The third kappa shape index (κ3) is 3.88. The van der Waals surface area contributed by atoms with E-state index in [1.807, 2.05) is 19.1 Å². The van der Waals surface area contributed by atoms with Crippen molar-refractivity contribution < 1.29 is 17.6 Å². The largest absolute Gasteiger partial charge is 0.464 e. The molecule has 24 heavy (non-hydrogen) atoms. The summed E-state index contributed by atoms with van der Waals surface area (Å²) in [6, 6.07) is 8.17. The minimum Gasteiger partial charge on any atom is -0.464 e. The molecule has 6 nitrogen and oxygen atoms in total. The van der Waals surface area contributed by atoms with Crippen LogP contribution in [-0.4, -0.2) is 44.7 Å². The fourth-order valence-corrected chi connectivity index (χ4v) is 3.97. The zero-order chi connectivity index (χ0) is 18.1. The van der Waals surface area contributed by atoms with Crippen molar-refractivity contribution in [2.45, 2.75) is 18.4 Å². The summed E-state index contributed by atoms with van der Waals surface area (Å²) < 4.78 is 31.7. The van der Waals surface area contributed by atoms with Crippen molar-refractivity contribution in [2.24, 2.45) is 0 Å². The smallest absolute Gasteiger partial charge is 0.254 e. The second-order valence-corrected chi connectivity index (χ2v) is 8.58. The third-order valence-electron chi connectivity index (χ3n) is 3.47. The van der Waals surface area contributed by atoms with E-state index in [0.29, 0.717) is 22.3 Å². The summed E-state index contributed by atoms with van der Waals surface area (Å²) in [5.74, 6) is 1.15. The Labute approximate surface area is 150 Å². The number of hydrogen-bond acceptors (Lipinski definition) is 4. The molecule has 0 aliphatic heterocycles. The van der Waals surface area contributed by atoms with E-state index in [0.717, 1.165) is 10.1 Å². The number of nitrogens with zero attached hydrogens (tertiary/aromatic N) is 2. The highest BCUT2D eigenvalue weighted by Gasteiger charge is 2.23. The Morgan fingerprint density at radius 3 is 2.38 bits per heavy atom. The Bertz CT molecular complexity index is 859. The van der Waals surface area contributed by atoms with Gasteiger partial charge in [-0.25, -0.2) is 12.7 Å². The summed E-state index contributed by atoms with van der Waals surface area (Å²) >= 11 is 3.23. The monoisotopic (exact) mass is 414 g/mol. The van der Waals surface area contributed by atoms with Gasteiger partial charge in [-0.05, 0) is 53.2 Å². The number of aryl methyl sites for hydroxylation is 1. The van der Waals surface area contributed by atoms with E-state index in [9.17, 15) is 13.2 Å². The van der Waals surface area contributed by atoms with Crippen LogP contribution in [0.3, 0.4) is 0 Å². The van der Waals surface area contributed by atoms with Gasteiger partial charge in [-0.1, -0.05) is 0 Å². The van der Waals surface area contributed by atoms with E-state index in [1.165, 1.54) is 25.1 Å². The van der Waals surface area contributed by atoms with E-state index < -0.39 is 10.0 Å². The summed E-state index contributed by atoms with van der Waals surface area (Å²) in [5, 5.41) is 0. The molecule has 0 saturated carbocycles. The van der Waals surface area contributed by atoms with Crippen LogP contribution in [0.25, 0.3) is 0 Å². The molecule has 0 atom stereocenters. The molecule has 1 aromatic carbocycles. The van der Waals surface area contributed by atoms with Crippen molar-refractivity contribution in [3.05, 3.63) is 51.9 Å². The molecule has 0 bridgehead atoms. The maximum absolute atomic E-state index is 12.6. The summed E-state index contributed by atoms with van der Waals surface area (Å²) in [5.41, 5.74) is 0.296. The molecule has 0 N–H and O–H groups in total. The van der Waals surface area contributed by atoms with E-state index >= 15 is 0 Å². The van der Waals surface area contributed by atoms with Crippen LogP contribution in [0.4, 0.5) is 0 Å². The predicted octanol–water partition coefficient (Wildman–Crippen LogP) is 2.87. The number of carbonyl (C=O) groups excluding carboxylic acids is 1. The lowest BCUT2D eigenvalue weighted by Crippen LogP contribution is -2.27. The predicted molar refractivity (Wildman–Crippen MR) is 94.3 cm³/mol. The van der Waals surface area contributed by atoms with Crippen molar-refractivity contribution in [1.82, 2.24) is 9.21 Å². The lowest BCUT2D eigenvalue weighted by atomic mass is 10.2. The highest BCUT2D eigenvalue weighted by molar-refractivity contribution is 9.10. The molecule has 8 heteroatoms. The Morgan fingerprint density at radius 2 is 1.83 bits per heavy atom. The van der Waals surface area contributed by atoms with Gasteiger partial charge in [-0.3, -0.25) is 4.79 Å². The lowest BCUT2D eigenvalue weighted by molar-refractivity contribution is 0.0774. The number of sulfonamides is 1. The third-order valence-corrected chi connectivity index (χ3v) is 6.28. The number of furan rings is 1. The Balaban J connectivity index is 2.30. The number of carbonyl (C=O) groups is 1. The second-order valence-electron chi connectivity index (χ2n) is 5.61. The van der Waals surface area contributed by atoms with Crippen LogP contribution in [0, 0.1) is 6.92 Å². The molecule has 2 aromatic rings. The first-order chi connectivity index (χ1) is 11.1. The number of amides is 1. The van der Waals surface area contributed by atoms with Crippen molar-refractivity contribution in [1.29, 1.82) is 0 Å². The topological polar surface area (TPSA) is 70.8 Å². The van der Waals surface area contributed by atoms with Crippen molar-refractivity contribution in [3.63, 3.8) is 0 Å². The quantitative estimate of drug-likeness (QED) is 0.753. The van der Waals surface area contributed by atoms with Gasteiger partial charge in [0.2, 0.25) is 10.0 Å². The molecular weight excluding hydrogens is 396 g/mol. The van der Waals surface area contributed by atoms with Crippen molar-refractivity contribution in [3.8, 4) is 0 Å². The minimum atomic E-state index is -3.65. The molecule has 0 unspecified atom stereocenters. The lowest BCUT2D eigenvalue weighted by Gasteiger charge is -2.18. The molecular formula is C16H19BrN2O4S. The van der Waals surface area contributed by atoms with E-state index in [1.54, 1.807) is 19.2 Å². The molecule has 0 aliphatic carbocycles. The summed E-state index contributed by atoms with van der Waals surface area (Å²) in [4.78, 5) is 14.1. The molecule has 130 valence electrons. The van der Waals surface area contributed by atoms with Gasteiger partial charge in [0.25, 0.3) is 5.91 Å². The van der Waals surface area contributed by atoms with Gasteiger partial charge in [0.05, 0.1) is 11.4 Å². The first-order valence-corrected chi connectivity index (χ1v) is 9.39. The fourth-order valence-electron chi connectivity index (χ4n) is 2.13. The van der Waals surface area contributed by atoms with Crippen LogP contribution in [0.5, 0.6) is 0 Å². The number of hydrogen-bond donors (Lipinski definition) is 0. The van der Waals surface area contributed by atoms with Crippen molar-refractivity contribution >= 4 is 31.9 Å². The molecule has 0 radical (unpaired) electrons. The highest BCUT2D eigenvalue weighted by Crippen LogP contribution is 2.26. The highest BCUT2D eigenvalue weighted by atomic mass is 79.9. The first kappa shape index (κ1) is 18.7. The number of halogens is 1. The fraction of sp³-hybridized carbons (Fsp3) is 0.312. The van der Waals surface area contributed by atoms with Crippen LogP contribution in [0.15, 0.2) is 44.1 Å². The van der Waals surface area contributed by atoms with Gasteiger partial charge in [-0.2, -0.15) is 0 Å². The van der Waals surface area contributed by atoms with Crippen LogP contribution in [-0.2, 0) is 16.6 Å². The minimum absolute atomic E-state index is 0.0561. The average Bonchev–Trinajstić information content (AvgIpc) is 2.91. The van der Waals surface area contributed by atoms with Gasteiger partial charge in [-0.15, -0.1) is 0 Å². The molecule has 0 spiro atoms. The maximum Gasteiger partial charge on any atom is 0.254 e. The van der Waals surface area contributed by atoms with E-state index in [-0.39, 0.29) is 10.8 Å². The Morgan fingerprint density at radius 1 is 1.17 bits per heavy atom. The zero-order valence-corrected chi connectivity index (χ0v) is 16.3. The van der Waals surface area contributed by atoms with E-state index in [4.69, 9.17) is 4.42 Å². The molecule has 1 amide bonds. The Hall–Kier alpha value is -1.64. The molecule has 0 fully saturated rings. The average molecular weight is 415 g/mol. The maximum atomic E-state index is 12.6. The SMILES string of the molecule is Cc1ccc(CN(C)C(=O)c2ccc(Br)c(S(=O)(=O)N(C)C)c2)o1. The first-order valence-electron chi connectivity index (χ1n) is 7.16. The summed E-state index contributed by atoms with van der Waals surface area (Å²) in [6.07, 6.45) is 0. The van der Waals surface area contributed by atoms with Gasteiger partial charge in [0.15, 0.2) is 0 Å². The van der Waals surface area contributed by atoms with Gasteiger partial charge in [0, 0.05) is 31.2 Å². The number of benzene rings is 1. The molecule has 1 heterocycles. The summed E-state index contributed by atoms with van der Waals surface area (Å²) in [6.45, 7) is 2.14. The summed E-state index contributed by atoms with van der Waals surface area (Å²) in [7, 11) is 0.886. The zero-order valence-electron chi connectivity index (χ0n) is 13.9. The Kier molecular flexibility index (Phi) is 5.52. The standard InChI is InChI=1S/C16H19BrN2O4S/c1-11-5-7-13(23-11)10-19(4)16(20)12-6-8-14(17)15(9-12)24(21,22)18(2)3/h5-9H,10H2,1-4H3. The van der Waals surface area contributed by atoms with Gasteiger partial charge >= 0.3 is 0 Å².